The molecule has 20 heavy (non-hydrogen) atoms. The maximum atomic E-state index is 5.49. The molecular formula is C14H26N6. The summed E-state index contributed by atoms with van der Waals surface area (Å²) in [5.74, 6) is 8.46. The molecule has 1 atom stereocenters. The second-order valence-electron chi connectivity index (χ2n) is 6.65. The Bertz CT molecular complexity index is 453. The minimum atomic E-state index is -0.100. The van der Waals surface area contributed by atoms with Crippen molar-refractivity contribution in [2.24, 2.45) is 11.8 Å². The Labute approximate surface area is 121 Å². The number of nitrogens with one attached hydrogen (secondary N) is 2. The summed E-state index contributed by atoms with van der Waals surface area (Å²) in [6, 6.07) is 1.86. The predicted octanol–water partition coefficient (Wildman–Crippen LogP) is 1.42. The number of anilines is 2. The summed E-state index contributed by atoms with van der Waals surface area (Å²) in [5, 5.41) is 3.42. The minimum Gasteiger partial charge on any atom is -0.370 e. The standard InChI is InChI=1S/C14H26N6/c1-14(2,3)13-17-11(7-12(18-13)19-15)16-8-10-5-6-20(4)9-10/h7,10H,5-6,8-9,15H2,1-4H3,(H2,16,17,18,19). The van der Waals surface area contributed by atoms with Crippen molar-refractivity contribution < 1.29 is 0 Å². The number of hydrogen-bond donors (Lipinski definition) is 3. The van der Waals surface area contributed by atoms with E-state index in [9.17, 15) is 0 Å². The molecule has 0 saturated carbocycles. The molecule has 0 spiro atoms. The highest BCUT2D eigenvalue weighted by Crippen LogP contribution is 2.22. The molecule has 0 aromatic carbocycles. The van der Waals surface area contributed by atoms with Crippen LogP contribution >= 0.6 is 0 Å². The van der Waals surface area contributed by atoms with Crippen molar-refractivity contribution in [3.05, 3.63) is 11.9 Å². The molecule has 4 N–H and O–H groups in total. The molecule has 1 aliphatic rings. The van der Waals surface area contributed by atoms with E-state index in [1.807, 2.05) is 6.07 Å². The molecule has 2 rings (SSSR count). The van der Waals surface area contributed by atoms with E-state index >= 15 is 0 Å². The van der Waals surface area contributed by atoms with Gasteiger partial charge in [0.05, 0.1) is 0 Å². The summed E-state index contributed by atoms with van der Waals surface area (Å²) in [6.45, 7) is 9.55. The molecular weight excluding hydrogens is 252 g/mol. The second-order valence-corrected chi connectivity index (χ2v) is 6.65. The van der Waals surface area contributed by atoms with Crippen LogP contribution in [0.1, 0.15) is 33.0 Å². The first-order valence-electron chi connectivity index (χ1n) is 7.17. The zero-order valence-corrected chi connectivity index (χ0v) is 12.9. The molecule has 6 heteroatoms. The number of nitrogens with zero attached hydrogens (tertiary/aromatic N) is 3. The van der Waals surface area contributed by atoms with Crippen LogP contribution in [0.2, 0.25) is 0 Å². The van der Waals surface area contributed by atoms with Gasteiger partial charge in [-0.15, -0.1) is 0 Å². The lowest BCUT2D eigenvalue weighted by Crippen LogP contribution is -2.22. The van der Waals surface area contributed by atoms with Crippen molar-refractivity contribution in [2.45, 2.75) is 32.6 Å². The molecule has 0 aliphatic carbocycles. The zero-order chi connectivity index (χ0) is 14.8. The molecule has 1 saturated heterocycles. The van der Waals surface area contributed by atoms with E-state index in [0.717, 1.165) is 24.7 Å². The van der Waals surface area contributed by atoms with E-state index in [1.54, 1.807) is 0 Å². The van der Waals surface area contributed by atoms with Gasteiger partial charge >= 0.3 is 0 Å². The minimum absolute atomic E-state index is 0.100. The average Bonchev–Trinajstić information content (AvgIpc) is 2.81. The van der Waals surface area contributed by atoms with Gasteiger partial charge in [-0.1, -0.05) is 20.8 Å². The Kier molecular flexibility index (Phi) is 4.45. The molecule has 1 aromatic rings. The van der Waals surface area contributed by atoms with E-state index in [1.165, 1.54) is 13.0 Å². The number of likely N-dealkylation sites (tertiary alicyclic amines) is 1. The lowest BCUT2D eigenvalue weighted by molar-refractivity contribution is 0.399. The maximum Gasteiger partial charge on any atom is 0.145 e. The Morgan fingerprint density at radius 2 is 2.05 bits per heavy atom. The Balaban J connectivity index is 2.07. The van der Waals surface area contributed by atoms with Crippen molar-refractivity contribution in [2.75, 3.05) is 37.4 Å². The maximum absolute atomic E-state index is 5.49. The van der Waals surface area contributed by atoms with Crippen molar-refractivity contribution in [3.8, 4) is 0 Å². The van der Waals surface area contributed by atoms with Crippen LogP contribution in [-0.4, -0.2) is 41.5 Å². The topological polar surface area (TPSA) is 79.1 Å². The van der Waals surface area contributed by atoms with Gasteiger partial charge in [-0.25, -0.2) is 15.8 Å². The highest BCUT2D eigenvalue weighted by atomic mass is 15.3. The third-order valence-corrected chi connectivity index (χ3v) is 3.61. The van der Waals surface area contributed by atoms with Gasteiger partial charge in [-0.3, -0.25) is 0 Å². The SMILES string of the molecule is CN1CCC(CNc2cc(NN)nc(C(C)(C)C)n2)C1. The summed E-state index contributed by atoms with van der Waals surface area (Å²) in [5.41, 5.74) is 2.52. The molecule has 0 bridgehead atoms. The van der Waals surface area contributed by atoms with E-state index in [4.69, 9.17) is 5.84 Å². The first kappa shape index (κ1) is 15.0. The Morgan fingerprint density at radius 3 is 2.60 bits per heavy atom. The van der Waals surface area contributed by atoms with Gasteiger partial charge in [0.25, 0.3) is 0 Å². The summed E-state index contributed by atoms with van der Waals surface area (Å²) < 4.78 is 0. The van der Waals surface area contributed by atoms with Gasteiger partial charge in [0.2, 0.25) is 0 Å². The van der Waals surface area contributed by atoms with Gasteiger partial charge in [0, 0.05) is 24.6 Å². The van der Waals surface area contributed by atoms with Crippen molar-refractivity contribution in [3.63, 3.8) is 0 Å². The van der Waals surface area contributed by atoms with Crippen LogP contribution in [0.15, 0.2) is 6.07 Å². The number of hydrogen-bond acceptors (Lipinski definition) is 6. The molecule has 1 unspecified atom stereocenters. The van der Waals surface area contributed by atoms with Crippen LogP contribution in [0.4, 0.5) is 11.6 Å². The quantitative estimate of drug-likeness (QED) is 0.571. The summed E-state index contributed by atoms with van der Waals surface area (Å²) >= 11 is 0. The monoisotopic (exact) mass is 278 g/mol. The number of nitrogen functional groups attached to an aromatic ring is 1. The van der Waals surface area contributed by atoms with Crippen LogP contribution in [0, 0.1) is 5.92 Å². The first-order chi connectivity index (χ1) is 9.38. The average molecular weight is 278 g/mol. The molecule has 1 aliphatic heterocycles. The third-order valence-electron chi connectivity index (χ3n) is 3.61. The molecule has 1 fully saturated rings. The summed E-state index contributed by atoms with van der Waals surface area (Å²) in [7, 11) is 2.17. The number of hydrazine groups is 1. The normalized spacial score (nSPS) is 20.1. The first-order valence-corrected chi connectivity index (χ1v) is 7.17. The molecule has 0 radical (unpaired) electrons. The van der Waals surface area contributed by atoms with Gasteiger partial charge in [-0.2, -0.15) is 0 Å². The van der Waals surface area contributed by atoms with Crippen LogP contribution in [0.25, 0.3) is 0 Å². The summed E-state index contributed by atoms with van der Waals surface area (Å²) in [4.78, 5) is 11.4. The van der Waals surface area contributed by atoms with Gasteiger partial charge < -0.3 is 15.6 Å². The third kappa shape index (κ3) is 3.80. The molecule has 0 amide bonds. The fourth-order valence-corrected chi connectivity index (χ4v) is 2.39. The number of rotatable bonds is 4. The van der Waals surface area contributed by atoms with Gasteiger partial charge in [-0.05, 0) is 25.9 Å². The lowest BCUT2D eigenvalue weighted by Gasteiger charge is -2.19. The molecule has 2 heterocycles. The van der Waals surface area contributed by atoms with Crippen molar-refractivity contribution in [1.29, 1.82) is 0 Å². The van der Waals surface area contributed by atoms with Gasteiger partial charge in [0.1, 0.15) is 17.5 Å². The second kappa shape index (κ2) is 5.93. The lowest BCUT2D eigenvalue weighted by atomic mass is 9.96. The van der Waals surface area contributed by atoms with Crippen LogP contribution in [0.3, 0.4) is 0 Å². The molecule has 112 valence electrons. The molecule has 6 nitrogen and oxygen atoms in total. The van der Waals surface area contributed by atoms with E-state index < -0.39 is 0 Å². The van der Waals surface area contributed by atoms with Gasteiger partial charge in [0.15, 0.2) is 0 Å². The van der Waals surface area contributed by atoms with Crippen LogP contribution < -0.4 is 16.6 Å². The summed E-state index contributed by atoms with van der Waals surface area (Å²) in [6.07, 6.45) is 1.24. The highest BCUT2D eigenvalue weighted by molar-refractivity contribution is 5.47. The highest BCUT2D eigenvalue weighted by Gasteiger charge is 2.21. The Morgan fingerprint density at radius 1 is 1.35 bits per heavy atom. The van der Waals surface area contributed by atoms with Crippen LogP contribution in [0.5, 0.6) is 0 Å². The number of nitrogens with two attached hydrogens (primary N) is 1. The molecule has 1 aromatic heterocycles. The van der Waals surface area contributed by atoms with E-state index in [2.05, 4.69) is 53.4 Å². The van der Waals surface area contributed by atoms with Crippen molar-refractivity contribution >= 4 is 11.6 Å². The number of aromatic nitrogens is 2. The van der Waals surface area contributed by atoms with E-state index in [-0.39, 0.29) is 5.41 Å². The fourth-order valence-electron chi connectivity index (χ4n) is 2.39. The van der Waals surface area contributed by atoms with Crippen molar-refractivity contribution in [1.82, 2.24) is 14.9 Å². The largest absolute Gasteiger partial charge is 0.370 e. The Hall–Kier alpha value is -1.40. The zero-order valence-electron chi connectivity index (χ0n) is 12.9. The van der Waals surface area contributed by atoms with Crippen LogP contribution in [-0.2, 0) is 5.41 Å². The van der Waals surface area contributed by atoms with E-state index in [0.29, 0.717) is 11.7 Å². The smallest absolute Gasteiger partial charge is 0.145 e. The predicted molar refractivity (Wildman–Crippen MR) is 82.6 cm³/mol. The fraction of sp³-hybridized carbons (Fsp3) is 0.714.